The Hall–Kier alpha value is -9.25. The molecule has 1 aliphatic heterocycles. The van der Waals surface area contributed by atoms with Crippen LogP contribution in [-0.2, 0) is 31.0 Å². The molecule has 36 heteroatoms. The van der Waals surface area contributed by atoms with Crippen molar-refractivity contribution in [2.75, 3.05) is 61.5 Å². The number of aromatic nitrogens is 13. The van der Waals surface area contributed by atoms with Gasteiger partial charge in [-0.1, -0.05) is 132 Å². The quantitative estimate of drug-likeness (QED) is 0.00630. The summed E-state index contributed by atoms with van der Waals surface area (Å²) in [6.07, 6.45) is 50.8. The van der Waals surface area contributed by atoms with Gasteiger partial charge in [-0.2, -0.15) is 0 Å². The van der Waals surface area contributed by atoms with E-state index >= 15 is 0 Å². The van der Waals surface area contributed by atoms with Crippen LogP contribution < -0.4 is 31.9 Å². The van der Waals surface area contributed by atoms with Crippen molar-refractivity contribution in [3.63, 3.8) is 0 Å². The normalized spacial score (nSPS) is 16.8. The Kier molecular flexibility index (Phi) is 46.4. The number of fused-ring (bicyclic) bond motifs is 5. The number of nitrogens with zero attached hydrogens (tertiary/aromatic N) is 14. The van der Waals surface area contributed by atoms with E-state index in [9.17, 15) is 17.6 Å². The van der Waals surface area contributed by atoms with Gasteiger partial charge < -0.3 is 63.8 Å². The van der Waals surface area contributed by atoms with Crippen molar-refractivity contribution in [2.45, 2.75) is 297 Å². The van der Waals surface area contributed by atoms with E-state index in [-0.39, 0.29) is 57.8 Å². The molecule has 8 aromatic heterocycles. The van der Waals surface area contributed by atoms with Gasteiger partial charge in [-0.05, 0) is 344 Å². The predicted octanol–water partition coefficient (Wildman–Crippen LogP) is 28.5. The number of rotatable bonds is 27. The van der Waals surface area contributed by atoms with E-state index in [0.29, 0.717) is 41.3 Å². The third-order valence-electron chi connectivity index (χ3n) is 27.5. The van der Waals surface area contributed by atoms with E-state index in [1.54, 1.807) is 67.1 Å². The molecular formula is C110H150B2BrClF4IN20O4SSi2. The molecule has 2 fully saturated rings. The minimum absolute atomic E-state index is 0.176. The molecule has 4 atom stereocenters. The summed E-state index contributed by atoms with van der Waals surface area (Å²) in [7, 11) is 4.78. The van der Waals surface area contributed by atoms with Crippen LogP contribution in [0.2, 0.25) is 41.5 Å². The first-order chi connectivity index (χ1) is 69.6. The molecule has 5 aliphatic carbocycles. The maximum absolute atomic E-state index is 13.6. The molecule has 1 saturated heterocycles. The van der Waals surface area contributed by atoms with Crippen LogP contribution in [0.1, 0.15) is 241 Å². The van der Waals surface area contributed by atoms with Gasteiger partial charge in [0.15, 0.2) is 16.6 Å². The molecule has 4 aromatic carbocycles. The molecule has 6 N–H and O–H groups in total. The summed E-state index contributed by atoms with van der Waals surface area (Å²) < 4.78 is 87.9. The minimum atomic E-state index is -1.80. The maximum atomic E-state index is 13.6. The number of nitrogens with one attached hydrogen (secondary N) is 6. The molecular weight excluding hydrogens is 2090 g/mol. The standard InChI is InChI=1S/C28H39FN4OSi.C18H35BO3Si.C16H16BrFN4.C16H17FN4.C11H15N3.C8H18N2.C7H5ClN2.C6H4FI.BHNS/c1-7-8-17-30-27-31-18-25-26(32-27)24(19-33(25)22-13-11-21(29)12-14-22)20-9-15-23(16-10-20)34-35(5,6)28(2,3)4;1-16(2,3)23(8,9)20-15-12-10-14(11-13-15)19-21-17(4,5)18(6,7)22-19;1-2-3-8-19-16-20-9-14-15(21-16)13(17)10-22(14)12-6-4-11(18)5-7-12;1-2-3-9-18-16-19-11-15-14(20-16)8-10-21(15)13-6-4-12(17)5-7-13;1-2-3-7-12-11-13-8-9-5-4-6-10(9)14-11;1-9-7-5-3-4-6-8(7)10-2;8-7-9-4-5-2-1-3-6(5)10-7;7-5-1-3-6(8)4-2-5;1-2-3/h9,11-14,18-19,23H,7-8,10,15-17H2,1-6H3,(H,30,31,32);10,15H,11-13H2,1-9H3;4-7,9-10H,2-3,8H2,1H3,(H,19,20,21);4-8,10-11H,2-3,9H2,1H3,(H,18,19,20);4,6,8H,2-3,5,7H2,1H3,(H,12,13,14);7-10H,3-6H2,1-2H3;1,3-4H,2H2;1-4H;3H/t;;;;;7-,8-;;;/m.....0.../s1. The third kappa shape index (κ3) is 34.9. The molecule has 9 heterocycles. The third-order valence-corrected chi connectivity index (χ3v) is 38.1. The molecule has 2 unspecified atom stereocenters. The number of allylic oxidation sites excluding steroid dienone is 4. The number of unbranched alkanes of at least 4 members (excludes halogenated alkanes) is 4. The molecule has 6 aliphatic rings. The predicted molar refractivity (Wildman–Crippen MR) is 617 cm³/mol. The Morgan fingerprint density at radius 2 is 0.911 bits per heavy atom. The number of likely N-dealkylation sites (N-methyl/N-ethyl adjacent to an activating group) is 2. The number of benzene rings is 4. The summed E-state index contributed by atoms with van der Waals surface area (Å²) in [5.41, 5.74) is 15.6. The number of hydrogen-bond donors (Lipinski definition) is 7. The molecule has 0 bridgehead atoms. The topological polar surface area (TPSA) is 265 Å². The van der Waals surface area contributed by atoms with Gasteiger partial charge in [-0.25, -0.2) is 67.4 Å². The zero-order valence-corrected chi connectivity index (χ0v) is 96.2. The van der Waals surface area contributed by atoms with Crippen molar-refractivity contribution >= 4 is 169 Å². The average molecular weight is 2240 g/mol. The van der Waals surface area contributed by atoms with E-state index in [2.05, 4.69) is 318 Å². The van der Waals surface area contributed by atoms with Gasteiger partial charge in [0.25, 0.3) is 0 Å². The molecule has 1 radical (unpaired) electrons. The molecule has 146 heavy (non-hydrogen) atoms. The summed E-state index contributed by atoms with van der Waals surface area (Å²) in [4.78, 5) is 43.8. The average Bonchev–Trinajstić information content (AvgIpc) is 1.61. The monoisotopic (exact) mass is 2240 g/mol. The summed E-state index contributed by atoms with van der Waals surface area (Å²) in [5.74, 6) is 1.76. The van der Waals surface area contributed by atoms with E-state index in [4.69, 9.17) is 34.7 Å². The number of halogens is 7. The van der Waals surface area contributed by atoms with Crippen LogP contribution in [0, 0.1) is 26.8 Å². The van der Waals surface area contributed by atoms with Gasteiger partial charge in [0.2, 0.25) is 29.1 Å². The van der Waals surface area contributed by atoms with E-state index in [0.717, 1.165) is 209 Å². The molecule has 783 valence electrons. The van der Waals surface area contributed by atoms with Crippen LogP contribution in [0.3, 0.4) is 0 Å². The summed E-state index contributed by atoms with van der Waals surface area (Å²) in [6, 6.07) is 29.0. The van der Waals surface area contributed by atoms with Crippen molar-refractivity contribution in [1.29, 1.82) is 0 Å². The van der Waals surface area contributed by atoms with Gasteiger partial charge in [-0.3, -0.25) is 0 Å². The van der Waals surface area contributed by atoms with E-state index in [1.807, 2.05) is 46.1 Å². The van der Waals surface area contributed by atoms with Crippen LogP contribution in [0.15, 0.2) is 191 Å². The number of thiol groups is 1. The fourth-order valence-corrected chi connectivity index (χ4v) is 20.0. The van der Waals surface area contributed by atoms with Crippen molar-refractivity contribution in [2.24, 2.45) is 4.30 Å². The fourth-order valence-electron chi connectivity index (χ4n) is 16.2. The molecule has 0 spiro atoms. The zero-order valence-electron chi connectivity index (χ0n) is 88.8. The molecule has 1 saturated carbocycles. The first-order valence-corrected chi connectivity index (χ1v) is 59.7. The molecule has 24 nitrogen and oxygen atoms in total. The molecule has 12 aromatic rings. The van der Waals surface area contributed by atoms with Gasteiger partial charge >= 0.3 is 31.9 Å². The van der Waals surface area contributed by atoms with E-state index < -0.39 is 16.6 Å². The second-order valence-corrected chi connectivity index (χ2v) is 53.1. The second-order valence-electron chi connectivity index (χ2n) is 41.0. The first kappa shape index (κ1) is 119. The number of anilines is 4. The fraction of sp³-hybridized carbons (Fsp3) is 0.473. The van der Waals surface area contributed by atoms with Crippen LogP contribution in [0.5, 0.6) is 0 Å². The van der Waals surface area contributed by atoms with Gasteiger partial charge in [0.1, 0.15) is 34.3 Å². The van der Waals surface area contributed by atoms with Crippen LogP contribution in [-0.4, -0.2) is 171 Å². The summed E-state index contributed by atoms with van der Waals surface area (Å²) >= 11 is 14.4. The first-order valence-electron chi connectivity index (χ1n) is 51.2. The van der Waals surface area contributed by atoms with Crippen molar-refractivity contribution in [3.8, 4) is 17.1 Å². The van der Waals surface area contributed by atoms with Gasteiger partial charge in [0, 0.05) is 119 Å². The SMILES string of the molecule is CC1(C)OB(C2=CCC(O[Si](C)(C)C(C)(C)C)CC2)OC1(C)C.CCCCNc1ncc2c(ccn2-c2ccc(F)cc2)n1.CCCCNc1ncc2c(n1)C=CC2.CCCCNc1ncc2c(n1)c(Br)cn2-c1ccc(F)cc1.CCCCNc1ncc2c(n1)c(C1=CCC(O[Si](C)(C)C(C)(C)C)CC1)cn2-c1ccc(F)cc1.CN[C@H]1CCCC[C@@H]1NC.Clc1ncc2c(n1)C=CC2.Fc1ccc(I)cc1.[B]=NS. The number of hydrogen-bond acceptors (Lipinski definition) is 22. The van der Waals surface area contributed by atoms with Crippen LogP contribution in [0.4, 0.5) is 41.4 Å². The van der Waals surface area contributed by atoms with Crippen LogP contribution >= 0.6 is 62.9 Å². The van der Waals surface area contributed by atoms with Crippen LogP contribution in [0.25, 0.3) is 67.9 Å². The Morgan fingerprint density at radius 1 is 0.521 bits per heavy atom. The molecule has 0 amide bonds. The molecule has 18 rings (SSSR count). The van der Waals surface area contributed by atoms with Crippen molar-refractivity contribution in [1.82, 2.24) is 74.2 Å². The second kappa shape index (κ2) is 57.1. The zero-order chi connectivity index (χ0) is 106. The Labute approximate surface area is 899 Å². The van der Waals surface area contributed by atoms with E-state index in [1.165, 1.54) is 97.2 Å². The van der Waals surface area contributed by atoms with Crippen molar-refractivity contribution < 1.29 is 35.7 Å². The Morgan fingerprint density at radius 3 is 1.34 bits per heavy atom. The Balaban J connectivity index is 0.000000177. The summed E-state index contributed by atoms with van der Waals surface area (Å²) in [6.45, 7) is 43.7. The van der Waals surface area contributed by atoms with Crippen molar-refractivity contribution in [3.05, 3.63) is 247 Å². The summed E-state index contributed by atoms with van der Waals surface area (Å²) in [5, 5.41) is 20.5. The Bertz CT molecular complexity index is 6200. The van der Waals surface area contributed by atoms with Gasteiger partial charge in [-0.15, -0.1) is 0 Å². The van der Waals surface area contributed by atoms with Gasteiger partial charge in [0.05, 0.1) is 67.7 Å².